The van der Waals surface area contributed by atoms with Gasteiger partial charge in [0.2, 0.25) is 0 Å². The molecule has 7 nitrogen and oxygen atoms in total. The first kappa shape index (κ1) is 27.7. The Morgan fingerprint density at radius 3 is 2.54 bits per heavy atom. The summed E-state index contributed by atoms with van der Waals surface area (Å²) in [5, 5.41) is 21.6. The summed E-state index contributed by atoms with van der Waals surface area (Å²) in [6.07, 6.45) is 5.99. The summed E-state index contributed by atoms with van der Waals surface area (Å²) in [4.78, 5) is 8.99. The predicted octanol–water partition coefficient (Wildman–Crippen LogP) is 6.98. The summed E-state index contributed by atoms with van der Waals surface area (Å²) in [6, 6.07) is 20.1. The Hall–Kier alpha value is -4.28. The molecular weight excluding hydrogens is 506 g/mol. The molecule has 2 aromatic carbocycles. The maximum absolute atomic E-state index is 9.96. The van der Waals surface area contributed by atoms with Crippen LogP contribution >= 0.6 is 11.6 Å². The molecule has 0 spiro atoms. The van der Waals surface area contributed by atoms with Gasteiger partial charge >= 0.3 is 0 Å². The molecule has 2 aromatic heterocycles. The Balaban J connectivity index is 1.81. The van der Waals surface area contributed by atoms with Crippen LogP contribution in [0, 0.1) is 18.3 Å². The van der Waals surface area contributed by atoms with Crippen LogP contribution in [-0.2, 0) is 0 Å². The number of aromatic nitrogens is 2. The molecule has 39 heavy (non-hydrogen) atoms. The number of pyridine rings is 2. The molecule has 4 aromatic rings. The van der Waals surface area contributed by atoms with Crippen molar-refractivity contribution in [1.82, 2.24) is 15.3 Å². The maximum Gasteiger partial charge on any atom is 0.103 e. The van der Waals surface area contributed by atoms with E-state index in [9.17, 15) is 5.26 Å². The third kappa shape index (κ3) is 6.42. The lowest BCUT2D eigenvalue weighted by Gasteiger charge is -2.24. The summed E-state index contributed by atoms with van der Waals surface area (Å²) in [7, 11) is 0. The van der Waals surface area contributed by atoms with Crippen LogP contribution in [0.5, 0.6) is 0 Å². The largest absolute Gasteiger partial charge is 0.399 e. The summed E-state index contributed by atoms with van der Waals surface area (Å²) < 4.78 is 0. The number of hydrogen-bond donors (Lipinski definition) is 4. The number of rotatable bonds is 10. The Bertz CT molecular complexity index is 1510. The number of halogens is 1. The summed E-state index contributed by atoms with van der Waals surface area (Å²) in [5.41, 5.74) is 12.7. The molecule has 0 saturated heterocycles. The monoisotopic (exact) mass is 539 g/mol. The van der Waals surface area contributed by atoms with Crippen LogP contribution in [0.3, 0.4) is 0 Å². The average Bonchev–Trinajstić information content (AvgIpc) is 2.94. The molecule has 200 valence electrons. The van der Waals surface area contributed by atoms with Crippen molar-refractivity contribution in [3.05, 3.63) is 106 Å². The molecule has 0 amide bonds. The van der Waals surface area contributed by atoms with Crippen molar-refractivity contribution in [3.8, 4) is 6.07 Å². The smallest absolute Gasteiger partial charge is 0.103 e. The normalized spacial score (nSPS) is 13.1. The lowest BCUT2D eigenvalue weighted by Crippen LogP contribution is -2.24. The molecule has 0 bridgehead atoms. The third-order valence-corrected chi connectivity index (χ3v) is 6.85. The molecule has 4 rings (SSSR count). The van der Waals surface area contributed by atoms with E-state index in [1.165, 1.54) is 0 Å². The zero-order valence-corrected chi connectivity index (χ0v) is 23.4. The number of aryl methyl sites for hydroxylation is 1. The molecule has 0 radical (unpaired) electrons. The van der Waals surface area contributed by atoms with Crippen LogP contribution in [-0.4, -0.2) is 16.0 Å². The molecule has 0 fully saturated rings. The summed E-state index contributed by atoms with van der Waals surface area (Å²) in [6.45, 7) is 8.18. The van der Waals surface area contributed by atoms with Crippen molar-refractivity contribution in [3.63, 3.8) is 0 Å². The predicted molar refractivity (Wildman–Crippen MR) is 160 cm³/mol. The number of nitrogens with zero attached hydrogens (tertiary/aromatic N) is 3. The van der Waals surface area contributed by atoms with E-state index in [2.05, 4.69) is 64.9 Å². The van der Waals surface area contributed by atoms with Crippen LogP contribution in [0.25, 0.3) is 10.9 Å². The van der Waals surface area contributed by atoms with E-state index >= 15 is 0 Å². The van der Waals surface area contributed by atoms with Gasteiger partial charge in [0.25, 0.3) is 0 Å². The fraction of sp³-hybridized carbons (Fsp3) is 0.258. The van der Waals surface area contributed by atoms with Gasteiger partial charge in [-0.2, -0.15) is 5.26 Å². The van der Waals surface area contributed by atoms with Crippen LogP contribution in [0.15, 0.2) is 78.9 Å². The van der Waals surface area contributed by atoms with Crippen molar-refractivity contribution in [2.24, 2.45) is 5.73 Å². The number of fused-ring (bicyclic) bond motifs is 1. The second-order valence-corrected chi connectivity index (χ2v) is 10.2. The second-order valence-electron chi connectivity index (χ2n) is 9.75. The topological polar surface area (TPSA) is 112 Å². The first-order valence-electron chi connectivity index (χ1n) is 13.1. The molecule has 8 heteroatoms. The van der Waals surface area contributed by atoms with Crippen LogP contribution < -0.4 is 21.7 Å². The average molecular weight is 540 g/mol. The molecule has 0 aliphatic carbocycles. The van der Waals surface area contributed by atoms with Crippen LogP contribution in [0.2, 0.25) is 5.02 Å². The van der Waals surface area contributed by atoms with E-state index in [1.54, 1.807) is 12.4 Å². The molecular formula is C31H34ClN7. The second kappa shape index (κ2) is 12.5. The summed E-state index contributed by atoms with van der Waals surface area (Å²) >= 11 is 6.78. The zero-order valence-electron chi connectivity index (χ0n) is 22.7. The molecule has 0 aliphatic rings. The van der Waals surface area contributed by atoms with Crippen molar-refractivity contribution in [2.75, 3.05) is 10.6 Å². The first-order valence-corrected chi connectivity index (χ1v) is 13.4. The SMILES string of the molecule is CCC(Nc1c(C#N)cnc2c(Cl)cc(NC(/C(N)=C/NC(C)C)c3cccnc3C)cc12)c1ccccc1. The number of anilines is 2. The lowest BCUT2D eigenvalue weighted by molar-refractivity contribution is 0.689. The third-order valence-electron chi connectivity index (χ3n) is 6.56. The van der Waals surface area contributed by atoms with E-state index in [-0.39, 0.29) is 18.1 Å². The minimum atomic E-state index is -0.366. The number of nitrogens with one attached hydrogen (secondary N) is 3. The van der Waals surface area contributed by atoms with Gasteiger partial charge in [-0.15, -0.1) is 0 Å². The molecule has 5 N–H and O–H groups in total. The lowest BCUT2D eigenvalue weighted by atomic mass is 10.0. The Labute approximate surface area is 235 Å². The first-order chi connectivity index (χ1) is 18.8. The highest BCUT2D eigenvalue weighted by Crippen LogP contribution is 2.37. The fourth-order valence-electron chi connectivity index (χ4n) is 4.52. The highest BCUT2D eigenvalue weighted by molar-refractivity contribution is 6.35. The number of nitrogens with two attached hydrogens (primary N) is 1. The highest BCUT2D eigenvalue weighted by atomic mass is 35.5. The Morgan fingerprint density at radius 2 is 1.87 bits per heavy atom. The standard InChI is InChI=1S/C31H34ClN7/c1-5-28(21-10-7-6-8-11-21)39-29-22(16-33)17-37-30-25(29)14-23(15-26(30)32)38-31(27(34)18-36-19(2)3)24-12-9-13-35-20(24)4/h6-15,17-19,28,31,36,38H,5,34H2,1-4H3,(H,37,39)/b27-18-. The van der Waals surface area contributed by atoms with Gasteiger partial charge in [-0.1, -0.05) is 54.9 Å². The minimum Gasteiger partial charge on any atom is -0.399 e. The fourth-order valence-corrected chi connectivity index (χ4v) is 4.79. The van der Waals surface area contributed by atoms with Crippen LogP contribution in [0.1, 0.15) is 61.7 Å². The van der Waals surface area contributed by atoms with Gasteiger partial charge in [-0.3, -0.25) is 9.97 Å². The quantitative estimate of drug-likeness (QED) is 0.172. The van der Waals surface area contributed by atoms with Crippen molar-refractivity contribution in [1.29, 1.82) is 5.26 Å². The van der Waals surface area contributed by atoms with E-state index in [4.69, 9.17) is 17.3 Å². The van der Waals surface area contributed by atoms with Crippen molar-refractivity contribution < 1.29 is 0 Å². The van der Waals surface area contributed by atoms with Gasteiger partial charge in [0.1, 0.15) is 6.07 Å². The van der Waals surface area contributed by atoms with Gasteiger partial charge in [0, 0.05) is 47.0 Å². The molecule has 2 heterocycles. The van der Waals surface area contributed by atoms with Gasteiger partial charge in [-0.25, -0.2) is 0 Å². The Morgan fingerprint density at radius 1 is 1.10 bits per heavy atom. The zero-order chi connectivity index (χ0) is 27.9. The maximum atomic E-state index is 9.96. The number of hydrogen-bond acceptors (Lipinski definition) is 7. The number of nitriles is 1. The number of benzene rings is 2. The van der Waals surface area contributed by atoms with Gasteiger partial charge in [0.15, 0.2) is 0 Å². The van der Waals surface area contributed by atoms with Gasteiger partial charge in [-0.05, 0) is 51.0 Å². The van der Waals surface area contributed by atoms with E-state index in [0.29, 0.717) is 27.5 Å². The summed E-state index contributed by atoms with van der Waals surface area (Å²) in [5.74, 6) is 0. The minimum absolute atomic E-state index is 0.00534. The van der Waals surface area contributed by atoms with Crippen molar-refractivity contribution >= 4 is 33.9 Å². The van der Waals surface area contributed by atoms with E-state index < -0.39 is 0 Å². The van der Waals surface area contributed by atoms with E-state index in [1.807, 2.05) is 55.6 Å². The van der Waals surface area contributed by atoms with E-state index in [0.717, 1.165) is 34.3 Å². The molecule has 2 unspecified atom stereocenters. The molecule has 0 saturated carbocycles. The van der Waals surface area contributed by atoms with Gasteiger partial charge < -0.3 is 21.7 Å². The van der Waals surface area contributed by atoms with Crippen molar-refractivity contribution in [2.45, 2.75) is 52.2 Å². The molecule has 0 aliphatic heterocycles. The van der Waals surface area contributed by atoms with Crippen LogP contribution in [0.4, 0.5) is 11.4 Å². The van der Waals surface area contributed by atoms with Gasteiger partial charge in [0.05, 0.1) is 39.6 Å². The Kier molecular flexibility index (Phi) is 8.90. The highest BCUT2D eigenvalue weighted by Gasteiger charge is 2.21. The molecule has 2 atom stereocenters.